The monoisotopic (exact) mass is 207 g/mol. The van der Waals surface area contributed by atoms with Crippen LogP contribution >= 0.6 is 24.0 Å². The number of hydrogen-bond acceptors (Lipinski definition) is 4. The van der Waals surface area contributed by atoms with Crippen molar-refractivity contribution < 1.29 is 0 Å². The van der Waals surface area contributed by atoms with Gasteiger partial charge in [-0.1, -0.05) is 37.9 Å². The fourth-order valence-electron chi connectivity index (χ4n) is 0.763. The summed E-state index contributed by atoms with van der Waals surface area (Å²) in [5.74, 6) is 11.5. The predicted octanol–water partition coefficient (Wildman–Crippen LogP) is 1.63. The second-order valence-corrected chi connectivity index (χ2v) is 4.31. The van der Waals surface area contributed by atoms with Gasteiger partial charge in [0.15, 0.2) is 4.32 Å². The van der Waals surface area contributed by atoms with Crippen molar-refractivity contribution >= 4 is 28.3 Å². The molecule has 0 aliphatic heterocycles. The van der Waals surface area contributed by atoms with E-state index in [2.05, 4.69) is 6.92 Å². The van der Waals surface area contributed by atoms with Gasteiger partial charge >= 0.3 is 0 Å². The van der Waals surface area contributed by atoms with Gasteiger partial charge in [0.05, 0.1) is 0 Å². The molecular formula is C7H17N3S2. The molecule has 0 spiro atoms. The topological polar surface area (TPSA) is 55.3 Å². The van der Waals surface area contributed by atoms with Crippen LogP contribution in [-0.4, -0.2) is 15.2 Å². The van der Waals surface area contributed by atoms with E-state index in [1.165, 1.54) is 25.7 Å². The molecule has 0 heterocycles. The Labute approximate surface area is 83.8 Å². The van der Waals surface area contributed by atoms with Crippen LogP contribution in [-0.2, 0) is 0 Å². The lowest BCUT2D eigenvalue weighted by atomic mass is 10.2. The Morgan fingerprint density at radius 2 is 2.00 bits per heavy atom. The summed E-state index contributed by atoms with van der Waals surface area (Å²) < 4.78 is 0.562. The molecule has 0 aliphatic rings. The molecule has 0 aliphatic carbocycles. The van der Waals surface area contributed by atoms with E-state index in [1.54, 1.807) is 11.8 Å². The van der Waals surface area contributed by atoms with E-state index in [-0.39, 0.29) is 0 Å². The number of unbranched alkanes of at least 4 members (excludes halogenated alkanes) is 3. The number of rotatable bonds is 5. The molecule has 0 aromatic carbocycles. The van der Waals surface area contributed by atoms with E-state index >= 15 is 0 Å². The van der Waals surface area contributed by atoms with Crippen LogP contribution < -0.4 is 11.7 Å². The number of thioether (sulfide) groups is 1. The van der Waals surface area contributed by atoms with Gasteiger partial charge in [0.1, 0.15) is 0 Å². The highest BCUT2D eigenvalue weighted by atomic mass is 32.2. The molecule has 12 heavy (non-hydrogen) atoms. The van der Waals surface area contributed by atoms with E-state index in [1.807, 2.05) is 0 Å². The van der Waals surface area contributed by atoms with Gasteiger partial charge in [-0.05, 0) is 18.6 Å². The number of thiocarbonyl (C=S) groups is 1. The van der Waals surface area contributed by atoms with Crippen molar-refractivity contribution in [3.63, 3.8) is 0 Å². The zero-order chi connectivity index (χ0) is 9.40. The minimum absolute atomic E-state index is 0.562. The van der Waals surface area contributed by atoms with Crippen molar-refractivity contribution in [3.8, 4) is 0 Å². The van der Waals surface area contributed by atoms with Crippen LogP contribution in [0.1, 0.15) is 32.6 Å². The maximum Gasteiger partial charge on any atom is 0.166 e. The molecular weight excluding hydrogens is 190 g/mol. The van der Waals surface area contributed by atoms with Gasteiger partial charge in [-0.3, -0.25) is 0 Å². The van der Waals surface area contributed by atoms with E-state index < -0.39 is 0 Å². The molecule has 0 atom stereocenters. The third-order valence-corrected chi connectivity index (χ3v) is 2.95. The van der Waals surface area contributed by atoms with Crippen LogP contribution in [0.2, 0.25) is 0 Å². The Kier molecular flexibility index (Phi) is 7.89. The van der Waals surface area contributed by atoms with E-state index in [4.69, 9.17) is 23.9 Å². The van der Waals surface area contributed by atoms with Crippen LogP contribution in [0.4, 0.5) is 0 Å². The van der Waals surface area contributed by atoms with E-state index in [9.17, 15) is 0 Å². The number of hydrogen-bond donors (Lipinski definition) is 2. The highest BCUT2D eigenvalue weighted by Crippen LogP contribution is 2.09. The first kappa shape index (κ1) is 12.2. The summed E-state index contributed by atoms with van der Waals surface area (Å²) in [6.07, 6.45) is 5.01. The zero-order valence-corrected chi connectivity index (χ0v) is 9.09. The average molecular weight is 207 g/mol. The Morgan fingerprint density at radius 1 is 1.33 bits per heavy atom. The van der Waals surface area contributed by atoms with Crippen molar-refractivity contribution in [1.82, 2.24) is 5.12 Å². The number of hydrazine groups is 2. The Bertz CT molecular complexity index is 128. The van der Waals surface area contributed by atoms with Crippen LogP contribution in [0.3, 0.4) is 0 Å². The molecule has 0 bridgehead atoms. The summed E-state index contributed by atoms with van der Waals surface area (Å²) in [6, 6.07) is 0. The Hall–Kier alpha value is 0.160. The molecule has 0 radical (unpaired) electrons. The van der Waals surface area contributed by atoms with E-state index in [0.29, 0.717) is 4.32 Å². The summed E-state index contributed by atoms with van der Waals surface area (Å²) in [4.78, 5) is 0. The minimum atomic E-state index is 0.562. The zero-order valence-electron chi connectivity index (χ0n) is 7.45. The minimum Gasteiger partial charge on any atom is -0.232 e. The maximum atomic E-state index is 5.23. The van der Waals surface area contributed by atoms with Gasteiger partial charge in [-0.2, -0.15) is 0 Å². The van der Waals surface area contributed by atoms with Crippen LogP contribution in [0.25, 0.3) is 0 Å². The van der Waals surface area contributed by atoms with Crippen molar-refractivity contribution in [1.29, 1.82) is 0 Å². The summed E-state index contributed by atoms with van der Waals surface area (Å²) in [7, 11) is 0. The first-order valence-electron chi connectivity index (χ1n) is 4.14. The van der Waals surface area contributed by atoms with Crippen LogP contribution in [0, 0.1) is 0 Å². The van der Waals surface area contributed by atoms with E-state index in [0.717, 1.165) is 10.9 Å². The molecule has 72 valence electrons. The Morgan fingerprint density at radius 3 is 2.50 bits per heavy atom. The highest BCUT2D eigenvalue weighted by molar-refractivity contribution is 8.22. The summed E-state index contributed by atoms with van der Waals surface area (Å²) >= 11 is 6.44. The normalized spacial score (nSPS) is 9.92. The third-order valence-electron chi connectivity index (χ3n) is 1.43. The van der Waals surface area contributed by atoms with Gasteiger partial charge in [0.25, 0.3) is 0 Å². The standard InChI is InChI=1S/C7H17N3S2/c1-2-3-4-5-6-12-7(11)10(8)9/h2-6,8-9H2,1H3. The summed E-state index contributed by atoms with van der Waals surface area (Å²) in [6.45, 7) is 2.19. The summed E-state index contributed by atoms with van der Waals surface area (Å²) in [5.41, 5.74) is 0. The lowest BCUT2D eigenvalue weighted by Crippen LogP contribution is -2.40. The largest absolute Gasteiger partial charge is 0.232 e. The molecule has 0 saturated carbocycles. The van der Waals surface area contributed by atoms with Crippen molar-refractivity contribution in [3.05, 3.63) is 0 Å². The van der Waals surface area contributed by atoms with Gasteiger partial charge < -0.3 is 0 Å². The second kappa shape index (κ2) is 7.79. The van der Waals surface area contributed by atoms with Crippen molar-refractivity contribution in [2.24, 2.45) is 11.7 Å². The van der Waals surface area contributed by atoms with Crippen molar-refractivity contribution in [2.75, 3.05) is 5.75 Å². The average Bonchev–Trinajstić information content (AvgIpc) is 2.03. The summed E-state index contributed by atoms with van der Waals surface area (Å²) in [5, 5.41) is 1.000. The molecule has 5 heteroatoms. The molecule has 0 saturated heterocycles. The number of nitrogens with zero attached hydrogens (tertiary/aromatic N) is 1. The molecule has 0 unspecified atom stereocenters. The number of nitrogens with two attached hydrogens (primary N) is 2. The first-order chi connectivity index (χ1) is 5.68. The maximum absolute atomic E-state index is 5.23. The Balaban J connectivity index is 3.14. The third kappa shape index (κ3) is 6.84. The van der Waals surface area contributed by atoms with Gasteiger partial charge in [-0.15, -0.1) is 0 Å². The molecule has 0 fully saturated rings. The fraction of sp³-hybridized carbons (Fsp3) is 0.857. The lowest BCUT2D eigenvalue weighted by molar-refractivity contribution is 0.483. The highest BCUT2D eigenvalue weighted by Gasteiger charge is 1.99. The van der Waals surface area contributed by atoms with Crippen LogP contribution in [0.15, 0.2) is 0 Å². The second-order valence-electron chi connectivity index (χ2n) is 2.58. The molecule has 4 N–H and O–H groups in total. The lowest BCUT2D eigenvalue weighted by Gasteiger charge is -2.10. The SMILES string of the molecule is CCCCCCSC(=S)N(N)N. The van der Waals surface area contributed by atoms with Gasteiger partial charge in [0, 0.05) is 5.75 Å². The molecule has 0 amide bonds. The fourth-order valence-corrected chi connectivity index (χ4v) is 1.69. The van der Waals surface area contributed by atoms with Crippen LogP contribution in [0.5, 0.6) is 0 Å². The first-order valence-corrected chi connectivity index (χ1v) is 5.54. The predicted molar refractivity (Wildman–Crippen MR) is 59.4 cm³/mol. The molecule has 0 aromatic heterocycles. The van der Waals surface area contributed by atoms with Gasteiger partial charge in [0.2, 0.25) is 0 Å². The molecule has 0 rings (SSSR count). The smallest absolute Gasteiger partial charge is 0.166 e. The quantitative estimate of drug-likeness (QED) is 0.311. The molecule has 3 nitrogen and oxygen atoms in total. The van der Waals surface area contributed by atoms with Crippen molar-refractivity contribution in [2.45, 2.75) is 32.6 Å². The van der Waals surface area contributed by atoms with Gasteiger partial charge in [-0.25, -0.2) is 16.8 Å². The molecule has 0 aromatic rings.